The number of hydrogen-bond donors (Lipinski definition) is 1. The number of rotatable bonds is 6. The van der Waals surface area contributed by atoms with Gasteiger partial charge in [0.05, 0.1) is 9.82 Å². The standard InChI is InChI=1S/C17H22N6O4S/c1-18-28(26,27)14-6-7-15(16(9-14)23(24)25)21-8-2-3-12(10-21)17-20-19-11-22(17)13-4-5-13/h6-7,9,11-13,18H,2-5,8,10H2,1H3. The smallest absolute Gasteiger partial charge is 0.293 e. The molecule has 10 nitrogen and oxygen atoms in total. The fraction of sp³-hybridized carbons (Fsp3) is 0.529. The van der Waals surface area contributed by atoms with Gasteiger partial charge in [-0.05, 0) is 44.9 Å². The number of piperidine rings is 1. The van der Waals surface area contributed by atoms with E-state index in [9.17, 15) is 18.5 Å². The van der Waals surface area contributed by atoms with E-state index in [0.717, 1.165) is 37.6 Å². The largest absolute Gasteiger partial charge is 0.365 e. The Morgan fingerprint density at radius 1 is 1.29 bits per heavy atom. The van der Waals surface area contributed by atoms with Gasteiger partial charge in [0.1, 0.15) is 17.8 Å². The number of hydrogen-bond acceptors (Lipinski definition) is 7. The quantitative estimate of drug-likeness (QED) is 0.573. The first-order valence-electron chi connectivity index (χ1n) is 9.27. The van der Waals surface area contributed by atoms with Gasteiger partial charge in [-0.25, -0.2) is 13.1 Å². The molecule has 150 valence electrons. The van der Waals surface area contributed by atoms with E-state index in [-0.39, 0.29) is 16.5 Å². The van der Waals surface area contributed by atoms with Crippen LogP contribution in [-0.2, 0) is 10.0 Å². The Morgan fingerprint density at radius 3 is 2.75 bits per heavy atom. The summed E-state index contributed by atoms with van der Waals surface area (Å²) < 4.78 is 28.3. The molecule has 1 saturated carbocycles. The highest BCUT2D eigenvalue weighted by Crippen LogP contribution is 2.39. The van der Waals surface area contributed by atoms with Crippen LogP contribution in [0, 0.1) is 10.1 Å². The molecule has 11 heteroatoms. The average Bonchev–Trinajstić information content (AvgIpc) is 3.43. The maximum absolute atomic E-state index is 12.0. The highest BCUT2D eigenvalue weighted by Gasteiger charge is 2.33. The molecule has 0 amide bonds. The van der Waals surface area contributed by atoms with Crippen LogP contribution >= 0.6 is 0 Å². The Bertz CT molecular complexity index is 1000. The van der Waals surface area contributed by atoms with Gasteiger partial charge < -0.3 is 9.47 Å². The normalized spacial score (nSPS) is 20.3. The number of nitrogens with zero attached hydrogens (tertiary/aromatic N) is 5. The number of sulfonamides is 1. The zero-order valence-electron chi connectivity index (χ0n) is 15.5. The molecule has 0 radical (unpaired) electrons. The highest BCUT2D eigenvalue weighted by molar-refractivity contribution is 7.89. The molecule has 1 aliphatic carbocycles. The van der Waals surface area contributed by atoms with Gasteiger partial charge in [0, 0.05) is 31.1 Å². The molecule has 1 saturated heterocycles. The van der Waals surface area contributed by atoms with E-state index < -0.39 is 14.9 Å². The van der Waals surface area contributed by atoms with Gasteiger partial charge in [-0.2, -0.15) is 0 Å². The Hall–Kier alpha value is -2.53. The van der Waals surface area contributed by atoms with Crippen molar-refractivity contribution < 1.29 is 13.3 Å². The molecule has 1 unspecified atom stereocenters. The summed E-state index contributed by atoms with van der Waals surface area (Å²) in [5, 5.41) is 20.0. The number of nitro benzene ring substituents is 1. The SMILES string of the molecule is CNS(=O)(=O)c1ccc(N2CCCC(c3nncn3C3CC3)C2)c([N+](=O)[O-])c1. The fourth-order valence-electron chi connectivity index (χ4n) is 3.79. The third-order valence-electron chi connectivity index (χ3n) is 5.39. The summed E-state index contributed by atoms with van der Waals surface area (Å²) in [5.41, 5.74) is 0.225. The van der Waals surface area contributed by atoms with Crippen molar-refractivity contribution in [2.24, 2.45) is 0 Å². The zero-order valence-corrected chi connectivity index (χ0v) is 16.3. The lowest BCUT2D eigenvalue weighted by Crippen LogP contribution is -2.35. The molecule has 2 fully saturated rings. The maximum atomic E-state index is 12.0. The van der Waals surface area contributed by atoms with Gasteiger partial charge in [-0.1, -0.05) is 0 Å². The van der Waals surface area contributed by atoms with E-state index in [1.54, 1.807) is 6.33 Å². The fourth-order valence-corrected chi connectivity index (χ4v) is 4.54. The number of nitro groups is 1. The second kappa shape index (κ2) is 7.13. The monoisotopic (exact) mass is 406 g/mol. The molecule has 1 atom stereocenters. The summed E-state index contributed by atoms with van der Waals surface area (Å²) >= 11 is 0. The van der Waals surface area contributed by atoms with Crippen molar-refractivity contribution in [2.75, 3.05) is 25.0 Å². The molecule has 2 heterocycles. The average molecular weight is 406 g/mol. The summed E-state index contributed by atoms with van der Waals surface area (Å²) in [4.78, 5) is 12.9. The number of anilines is 1. The van der Waals surface area contributed by atoms with E-state index in [1.807, 2.05) is 4.90 Å². The predicted molar refractivity (Wildman–Crippen MR) is 102 cm³/mol. The molecule has 2 aliphatic rings. The van der Waals surface area contributed by atoms with E-state index in [2.05, 4.69) is 19.5 Å². The second-order valence-corrected chi connectivity index (χ2v) is 9.11. The van der Waals surface area contributed by atoms with Gasteiger partial charge >= 0.3 is 0 Å². The Kier molecular flexibility index (Phi) is 4.79. The lowest BCUT2D eigenvalue weighted by Gasteiger charge is -2.33. The van der Waals surface area contributed by atoms with Crippen LogP contribution in [0.15, 0.2) is 29.4 Å². The van der Waals surface area contributed by atoms with Crippen LogP contribution in [0.4, 0.5) is 11.4 Å². The first kappa shape index (κ1) is 18.8. The summed E-state index contributed by atoms with van der Waals surface area (Å²) in [5.74, 6) is 1.07. The molecular formula is C17H22N6O4S. The number of benzene rings is 1. The van der Waals surface area contributed by atoms with Gasteiger partial charge in [0.2, 0.25) is 10.0 Å². The van der Waals surface area contributed by atoms with E-state index in [0.29, 0.717) is 24.8 Å². The van der Waals surface area contributed by atoms with Crippen LogP contribution in [0.5, 0.6) is 0 Å². The van der Waals surface area contributed by atoms with E-state index in [1.165, 1.54) is 19.2 Å². The molecule has 0 spiro atoms. The van der Waals surface area contributed by atoms with E-state index >= 15 is 0 Å². The van der Waals surface area contributed by atoms with Crippen molar-refractivity contribution in [1.29, 1.82) is 0 Å². The molecule has 0 bridgehead atoms. The molecular weight excluding hydrogens is 384 g/mol. The first-order chi connectivity index (χ1) is 13.4. The number of aromatic nitrogens is 3. The molecule has 4 rings (SSSR count). The van der Waals surface area contributed by atoms with Gasteiger partial charge in [0.15, 0.2) is 0 Å². The molecule has 1 aliphatic heterocycles. The van der Waals surface area contributed by atoms with Gasteiger partial charge in [0.25, 0.3) is 5.69 Å². The lowest BCUT2D eigenvalue weighted by atomic mass is 9.96. The molecule has 2 aromatic rings. The first-order valence-corrected chi connectivity index (χ1v) is 10.8. The maximum Gasteiger partial charge on any atom is 0.293 e. The van der Waals surface area contributed by atoms with Crippen molar-refractivity contribution in [2.45, 2.75) is 42.5 Å². The Balaban J connectivity index is 1.64. The van der Waals surface area contributed by atoms with Crippen LogP contribution in [0.3, 0.4) is 0 Å². The number of nitrogens with one attached hydrogen (secondary N) is 1. The summed E-state index contributed by atoms with van der Waals surface area (Å²) in [6.07, 6.45) is 5.85. The van der Waals surface area contributed by atoms with Crippen molar-refractivity contribution in [3.05, 3.63) is 40.5 Å². The highest BCUT2D eigenvalue weighted by atomic mass is 32.2. The third kappa shape index (κ3) is 3.47. The van der Waals surface area contributed by atoms with Crippen molar-refractivity contribution >= 4 is 21.4 Å². The zero-order chi connectivity index (χ0) is 19.9. The second-order valence-electron chi connectivity index (χ2n) is 7.23. The lowest BCUT2D eigenvalue weighted by molar-refractivity contribution is -0.384. The molecule has 1 aromatic heterocycles. The van der Waals surface area contributed by atoms with E-state index in [4.69, 9.17) is 0 Å². The molecule has 28 heavy (non-hydrogen) atoms. The topological polar surface area (TPSA) is 123 Å². The van der Waals surface area contributed by atoms with Gasteiger partial charge in [-0.15, -0.1) is 10.2 Å². The van der Waals surface area contributed by atoms with Crippen molar-refractivity contribution in [1.82, 2.24) is 19.5 Å². The van der Waals surface area contributed by atoms with Crippen LogP contribution < -0.4 is 9.62 Å². The van der Waals surface area contributed by atoms with Crippen molar-refractivity contribution in [3.63, 3.8) is 0 Å². The van der Waals surface area contributed by atoms with Gasteiger partial charge in [-0.3, -0.25) is 10.1 Å². The Labute approximate surface area is 162 Å². The van der Waals surface area contributed by atoms with Crippen LogP contribution in [0.25, 0.3) is 0 Å². The third-order valence-corrected chi connectivity index (χ3v) is 6.80. The molecule has 1 aromatic carbocycles. The minimum atomic E-state index is -3.75. The van der Waals surface area contributed by atoms with Crippen LogP contribution in [0.1, 0.15) is 43.5 Å². The van der Waals surface area contributed by atoms with Crippen molar-refractivity contribution in [3.8, 4) is 0 Å². The summed E-state index contributed by atoms with van der Waals surface area (Å²) in [7, 11) is -2.47. The van der Waals surface area contributed by atoms with Crippen LogP contribution in [-0.4, -0.2) is 48.2 Å². The minimum Gasteiger partial charge on any atom is -0.365 e. The summed E-state index contributed by atoms with van der Waals surface area (Å²) in [6, 6.07) is 4.53. The van der Waals surface area contributed by atoms with Crippen LogP contribution in [0.2, 0.25) is 0 Å². The molecule has 1 N–H and O–H groups in total. The predicted octanol–water partition coefficient (Wildman–Crippen LogP) is 1.81. The summed E-state index contributed by atoms with van der Waals surface area (Å²) in [6.45, 7) is 1.26. The Morgan fingerprint density at radius 2 is 2.07 bits per heavy atom. The minimum absolute atomic E-state index is 0.118.